The molecule has 4 saturated carbocycles. The first-order chi connectivity index (χ1) is 20.1. The summed E-state index contributed by atoms with van der Waals surface area (Å²) in [6.45, 7) is 10.9. The molecule has 1 amide bonds. The van der Waals surface area contributed by atoms with Crippen LogP contribution in [-0.4, -0.2) is 46.6 Å². The third-order valence-electron chi connectivity index (χ3n) is 13.7. The fourth-order valence-corrected chi connectivity index (χ4v) is 11.8. The van der Waals surface area contributed by atoms with E-state index in [1.54, 1.807) is 0 Å². The van der Waals surface area contributed by atoms with Crippen LogP contribution in [0.4, 0.5) is 4.79 Å². The zero-order chi connectivity index (χ0) is 29.8. The minimum absolute atomic E-state index is 0.0426. The number of fused-ring (bicyclic) bond motifs is 5. The highest BCUT2D eigenvalue weighted by Gasteiger charge is 2.64. The minimum Gasteiger partial charge on any atom is -0.449 e. The number of ether oxygens (including phenoxy) is 1. The summed E-state index contributed by atoms with van der Waals surface area (Å²) in [6, 6.07) is 7.90. The van der Waals surface area contributed by atoms with E-state index in [1.165, 1.54) is 25.7 Å². The fraction of sp³-hybridized carbons (Fsp3) is 0.806. The lowest BCUT2D eigenvalue weighted by molar-refractivity contribution is -0.203. The second kappa shape index (κ2) is 11.9. The van der Waals surface area contributed by atoms with E-state index < -0.39 is 0 Å². The van der Waals surface area contributed by atoms with Gasteiger partial charge in [0.1, 0.15) is 0 Å². The number of amides is 1. The van der Waals surface area contributed by atoms with Gasteiger partial charge in [-0.1, -0.05) is 57.8 Å². The van der Waals surface area contributed by atoms with Crippen LogP contribution in [0, 0.1) is 52.3 Å². The molecule has 234 valence electrons. The van der Waals surface area contributed by atoms with E-state index in [4.69, 9.17) is 16.3 Å². The first-order valence-electron chi connectivity index (χ1n) is 17.1. The number of rotatable bonds is 6. The maximum atomic E-state index is 13.2. The second-order valence-corrected chi connectivity index (χ2v) is 15.8. The van der Waals surface area contributed by atoms with Gasteiger partial charge in [0.15, 0.2) is 0 Å². The molecule has 0 radical (unpaired) electrons. The van der Waals surface area contributed by atoms with Gasteiger partial charge in [0.2, 0.25) is 0 Å². The van der Waals surface area contributed by atoms with Gasteiger partial charge in [0.25, 0.3) is 0 Å². The Morgan fingerprint density at radius 1 is 1.07 bits per heavy atom. The van der Waals surface area contributed by atoms with Gasteiger partial charge in [-0.15, -0.1) is 0 Å². The van der Waals surface area contributed by atoms with Crippen molar-refractivity contribution in [3.63, 3.8) is 0 Å². The van der Waals surface area contributed by atoms with Crippen LogP contribution in [0.5, 0.6) is 0 Å². The van der Waals surface area contributed by atoms with Crippen LogP contribution in [0.2, 0.25) is 5.02 Å². The molecule has 5 nitrogen and oxygen atoms in total. The molecule has 1 saturated heterocycles. The lowest BCUT2D eigenvalue weighted by Gasteiger charge is -2.64. The first kappa shape index (κ1) is 30.7. The molecule has 6 rings (SSSR count). The Morgan fingerprint density at radius 2 is 1.83 bits per heavy atom. The molecule has 2 N–H and O–H groups in total. The Labute approximate surface area is 258 Å². The normalized spacial score (nSPS) is 43.8. The molecule has 1 aliphatic heterocycles. The smallest absolute Gasteiger partial charge is 0.410 e. The van der Waals surface area contributed by atoms with Crippen molar-refractivity contribution in [2.75, 3.05) is 13.2 Å². The van der Waals surface area contributed by atoms with Crippen molar-refractivity contribution in [2.45, 2.75) is 117 Å². The van der Waals surface area contributed by atoms with Gasteiger partial charge in [0, 0.05) is 11.6 Å². The van der Waals surface area contributed by atoms with Gasteiger partial charge in [-0.25, -0.2) is 4.79 Å². The van der Waals surface area contributed by atoms with Crippen LogP contribution in [0.1, 0.15) is 110 Å². The number of benzene rings is 1. The largest absolute Gasteiger partial charge is 0.449 e. The van der Waals surface area contributed by atoms with E-state index in [-0.39, 0.29) is 35.2 Å². The Kier molecular flexibility index (Phi) is 8.70. The number of carbonyl (C=O) groups excluding carboxylic acids is 1. The van der Waals surface area contributed by atoms with Crippen molar-refractivity contribution in [3.8, 4) is 0 Å². The molecule has 12 atom stereocenters. The Hall–Kier alpha value is -1.30. The van der Waals surface area contributed by atoms with E-state index in [1.807, 2.05) is 23.1 Å². The van der Waals surface area contributed by atoms with Crippen molar-refractivity contribution < 1.29 is 19.7 Å². The summed E-state index contributed by atoms with van der Waals surface area (Å²) in [7, 11) is 0. The highest BCUT2D eigenvalue weighted by molar-refractivity contribution is 6.30. The molecule has 0 spiro atoms. The number of hydrogen-bond acceptors (Lipinski definition) is 4. The molecule has 4 unspecified atom stereocenters. The van der Waals surface area contributed by atoms with Crippen LogP contribution in [-0.2, 0) is 4.74 Å². The monoisotopic (exact) mass is 599 g/mol. The second-order valence-electron chi connectivity index (χ2n) is 15.4. The quantitative estimate of drug-likeness (QED) is 0.345. The summed E-state index contributed by atoms with van der Waals surface area (Å²) < 4.78 is 5.91. The lowest BCUT2D eigenvalue weighted by Crippen LogP contribution is -2.62. The predicted octanol–water partition coefficient (Wildman–Crippen LogP) is 8.27. The van der Waals surface area contributed by atoms with Crippen LogP contribution >= 0.6 is 11.6 Å². The SMILES string of the molecule is CC[C@H]1[C@@H](O)C2[C@@H]3CC[C@H]([C@H](C)CCOC(=O)N4CCCC4c4cccc(Cl)c4)C3(C)CC[C@@H]2C2(C)CC[C@@H](O)C[C@@H]12. The summed E-state index contributed by atoms with van der Waals surface area (Å²) in [4.78, 5) is 15.0. The predicted molar refractivity (Wildman–Crippen MR) is 167 cm³/mol. The van der Waals surface area contributed by atoms with Crippen LogP contribution in [0.15, 0.2) is 24.3 Å². The van der Waals surface area contributed by atoms with Gasteiger partial charge >= 0.3 is 6.09 Å². The number of nitrogens with zero attached hydrogens (tertiary/aromatic N) is 1. The van der Waals surface area contributed by atoms with E-state index in [0.29, 0.717) is 53.1 Å². The maximum Gasteiger partial charge on any atom is 0.410 e. The summed E-state index contributed by atoms with van der Waals surface area (Å²) in [5, 5.41) is 23.2. The summed E-state index contributed by atoms with van der Waals surface area (Å²) in [6.07, 6.45) is 10.9. The Balaban J connectivity index is 1.09. The van der Waals surface area contributed by atoms with Crippen molar-refractivity contribution in [3.05, 3.63) is 34.9 Å². The molecule has 1 aromatic rings. The molecular formula is C36H54ClNO4. The molecule has 0 aromatic heterocycles. The topological polar surface area (TPSA) is 70.0 Å². The summed E-state index contributed by atoms with van der Waals surface area (Å²) in [5.41, 5.74) is 1.56. The highest BCUT2D eigenvalue weighted by Crippen LogP contribution is 2.69. The van der Waals surface area contributed by atoms with E-state index >= 15 is 0 Å². The van der Waals surface area contributed by atoms with Crippen molar-refractivity contribution >= 4 is 17.7 Å². The number of aliphatic hydroxyl groups is 2. The number of halogens is 1. The molecule has 1 aromatic carbocycles. The van der Waals surface area contributed by atoms with Crippen molar-refractivity contribution in [1.82, 2.24) is 4.90 Å². The van der Waals surface area contributed by atoms with E-state index in [2.05, 4.69) is 33.8 Å². The third kappa shape index (κ3) is 5.11. The van der Waals surface area contributed by atoms with Crippen molar-refractivity contribution in [2.24, 2.45) is 52.3 Å². The third-order valence-corrected chi connectivity index (χ3v) is 13.9. The fourth-order valence-electron chi connectivity index (χ4n) is 11.6. The highest BCUT2D eigenvalue weighted by atomic mass is 35.5. The number of likely N-dealkylation sites (tertiary alicyclic amines) is 1. The minimum atomic E-state index is -0.254. The summed E-state index contributed by atoms with van der Waals surface area (Å²) in [5.74, 6) is 3.30. The molecule has 5 fully saturated rings. The van der Waals surface area contributed by atoms with Crippen LogP contribution in [0.3, 0.4) is 0 Å². The van der Waals surface area contributed by atoms with Crippen LogP contribution < -0.4 is 0 Å². The molecule has 1 heterocycles. The average molecular weight is 600 g/mol. The maximum absolute atomic E-state index is 13.2. The molecule has 42 heavy (non-hydrogen) atoms. The Bertz CT molecular complexity index is 1130. The van der Waals surface area contributed by atoms with E-state index in [0.717, 1.165) is 57.1 Å². The van der Waals surface area contributed by atoms with Gasteiger partial charge < -0.3 is 19.8 Å². The Morgan fingerprint density at radius 3 is 2.60 bits per heavy atom. The first-order valence-corrected chi connectivity index (χ1v) is 17.5. The molecule has 6 heteroatoms. The lowest BCUT2D eigenvalue weighted by atomic mass is 9.41. The number of carbonyl (C=O) groups is 1. The zero-order valence-corrected chi connectivity index (χ0v) is 27.1. The number of hydrogen-bond donors (Lipinski definition) is 2. The molecule has 0 bridgehead atoms. The zero-order valence-electron chi connectivity index (χ0n) is 26.3. The number of aliphatic hydroxyl groups excluding tert-OH is 2. The van der Waals surface area contributed by atoms with Gasteiger partial charge in [-0.2, -0.15) is 0 Å². The average Bonchev–Trinajstić information content (AvgIpc) is 3.59. The van der Waals surface area contributed by atoms with Gasteiger partial charge in [-0.05, 0) is 134 Å². The standard InChI is InChI=1S/C36H54ClNO4/c1-5-26-30-21-25(39)13-16-36(30,4)29-14-17-35(3)27(11-12-28(35)32(29)33(26)40)22(2)15-19-42-34(41)38-18-7-10-31(38)23-8-6-9-24(37)20-23/h6,8-9,20,22,25-33,39-40H,5,7,10-19,21H2,1-4H3/t22-,25-,26-,27-,28+,29+,30+,31?,32?,33-,35?,36?/m1/s1. The van der Waals surface area contributed by atoms with Gasteiger partial charge in [0.05, 0.1) is 24.9 Å². The van der Waals surface area contributed by atoms with E-state index in [9.17, 15) is 15.0 Å². The summed E-state index contributed by atoms with van der Waals surface area (Å²) >= 11 is 6.24. The van der Waals surface area contributed by atoms with Crippen LogP contribution in [0.25, 0.3) is 0 Å². The molecule has 4 aliphatic carbocycles. The molecular weight excluding hydrogens is 546 g/mol. The molecule has 5 aliphatic rings. The van der Waals surface area contributed by atoms with Gasteiger partial charge in [-0.3, -0.25) is 0 Å². The van der Waals surface area contributed by atoms with Crippen molar-refractivity contribution in [1.29, 1.82) is 0 Å².